The Morgan fingerprint density at radius 3 is 2.07 bits per heavy atom. The van der Waals surface area contributed by atoms with E-state index in [9.17, 15) is 10.2 Å². The third-order valence-corrected chi connectivity index (χ3v) is 4.50. The Bertz CT molecular complexity index is 825. The molecule has 0 saturated carbocycles. The van der Waals surface area contributed by atoms with Crippen LogP contribution in [0.3, 0.4) is 0 Å². The van der Waals surface area contributed by atoms with Gasteiger partial charge in [-0.2, -0.15) is 0 Å². The molecule has 0 aliphatic carbocycles. The lowest BCUT2D eigenvalue weighted by Gasteiger charge is -2.18. The fourth-order valence-corrected chi connectivity index (χ4v) is 3.25. The quantitative estimate of drug-likeness (QED) is 0.535. The molecular formula is C25H30O3. The van der Waals surface area contributed by atoms with E-state index < -0.39 is 0 Å². The van der Waals surface area contributed by atoms with Crippen molar-refractivity contribution in [2.45, 2.75) is 33.6 Å². The van der Waals surface area contributed by atoms with Crippen LogP contribution in [0.4, 0.5) is 0 Å². The summed E-state index contributed by atoms with van der Waals surface area (Å²) in [4.78, 5) is 0. The van der Waals surface area contributed by atoms with Gasteiger partial charge in [-0.1, -0.05) is 42.5 Å². The maximum atomic E-state index is 9.74. The number of hydrogen-bond donors (Lipinski definition) is 2. The number of aromatic hydroxyl groups is 1. The Kier molecular flexibility index (Phi) is 8.57. The van der Waals surface area contributed by atoms with Gasteiger partial charge in [0.05, 0.1) is 6.61 Å². The molecule has 0 unspecified atom stereocenters. The Morgan fingerprint density at radius 1 is 0.964 bits per heavy atom. The number of hydrogen-bond acceptors (Lipinski definition) is 3. The van der Waals surface area contributed by atoms with E-state index in [0.717, 1.165) is 34.4 Å². The molecule has 0 fully saturated rings. The molecule has 0 aliphatic heterocycles. The molecule has 3 nitrogen and oxygen atoms in total. The second-order valence-electron chi connectivity index (χ2n) is 6.43. The molecule has 28 heavy (non-hydrogen) atoms. The van der Waals surface area contributed by atoms with Crippen molar-refractivity contribution in [2.24, 2.45) is 0 Å². The zero-order valence-electron chi connectivity index (χ0n) is 17.0. The van der Waals surface area contributed by atoms with Gasteiger partial charge in [0.2, 0.25) is 0 Å². The lowest BCUT2D eigenvalue weighted by Crippen LogP contribution is -2.00. The van der Waals surface area contributed by atoms with Crippen LogP contribution in [-0.4, -0.2) is 23.4 Å². The Hall–Kier alpha value is -2.78. The fourth-order valence-electron chi connectivity index (χ4n) is 3.25. The molecule has 0 saturated heterocycles. The van der Waals surface area contributed by atoms with E-state index in [0.29, 0.717) is 13.0 Å². The smallest absolute Gasteiger partial charge is 0.119 e. The van der Waals surface area contributed by atoms with Gasteiger partial charge >= 0.3 is 0 Å². The largest absolute Gasteiger partial charge is 0.508 e. The van der Waals surface area contributed by atoms with Crippen molar-refractivity contribution in [3.8, 4) is 11.5 Å². The normalized spacial score (nSPS) is 12.9. The zero-order chi connectivity index (χ0) is 20.4. The predicted molar refractivity (Wildman–Crippen MR) is 117 cm³/mol. The lowest BCUT2D eigenvalue weighted by atomic mass is 9.86. The molecule has 148 valence electrons. The van der Waals surface area contributed by atoms with Crippen molar-refractivity contribution in [1.29, 1.82) is 0 Å². The van der Waals surface area contributed by atoms with Gasteiger partial charge in [0.15, 0.2) is 0 Å². The summed E-state index contributed by atoms with van der Waals surface area (Å²) in [5.74, 6) is 1.08. The minimum Gasteiger partial charge on any atom is -0.508 e. The monoisotopic (exact) mass is 378 g/mol. The van der Waals surface area contributed by atoms with Crippen LogP contribution in [0, 0.1) is 0 Å². The number of rotatable bonds is 9. The van der Waals surface area contributed by atoms with Gasteiger partial charge in [0.25, 0.3) is 0 Å². The van der Waals surface area contributed by atoms with Gasteiger partial charge in [-0.05, 0) is 85.7 Å². The minimum absolute atomic E-state index is 0.141. The summed E-state index contributed by atoms with van der Waals surface area (Å²) in [5.41, 5.74) is 5.50. The standard InChI is InChI=1S/C25H30O3/c1-4-8-19(5-2)24(9-7-18-26)25(20-10-14-22(27)15-11-20)21-12-16-23(17-13-21)28-6-3/h4-5,8,10-17,26-27H,6-7,9,18H2,1-3H3/b8-4-,19-5+,25-24-. The van der Waals surface area contributed by atoms with Crippen LogP contribution in [0.15, 0.2) is 77.9 Å². The maximum absolute atomic E-state index is 9.74. The number of aliphatic hydroxyl groups is 1. The molecule has 2 aromatic rings. The molecule has 0 heterocycles. The average molecular weight is 379 g/mol. The Labute approximate surface area is 168 Å². The average Bonchev–Trinajstić information content (AvgIpc) is 2.72. The molecule has 0 amide bonds. The van der Waals surface area contributed by atoms with Crippen LogP contribution in [-0.2, 0) is 0 Å². The maximum Gasteiger partial charge on any atom is 0.119 e. The summed E-state index contributed by atoms with van der Waals surface area (Å²) >= 11 is 0. The van der Waals surface area contributed by atoms with Gasteiger partial charge < -0.3 is 14.9 Å². The second-order valence-corrected chi connectivity index (χ2v) is 6.43. The number of aliphatic hydroxyl groups excluding tert-OH is 1. The summed E-state index contributed by atoms with van der Waals surface area (Å²) < 4.78 is 5.59. The first-order valence-electron chi connectivity index (χ1n) is 9.80. The Morgan fingerprint density at radius 2 is 1.57 bits per heavy atom. The van der Waals surface area contributed by atoms with Crippen LogP contribution in [0.2, 0.25) is 0 Å². The number of allylic oxidation sites excluding steroid dienone is 5. The molecule has 0 radical (unpaired) electrons. The van der Waals surface area contributed by atoms with Gasteiger partial charge in [-0.25, -0.2) is 0 Å². The first kappa shape index (κ1) is 21.5. The van der Waals surface area contributed by atoms with Crippen LogP contribution < -0.4 is 4.74 Å². The van der Waals surface area contributed by atoms with Gasteiger partial charge in [-0.3, -0.25) is 0 Å². The van der Waals surface area contributed by atoms with E-state index in [-0.39, 0.29) is 12.4 Å². The molecule has 0 aliphatic rings. The van der Waals surface area contributed by atoms with Crippen molar-refractivity contribution in [3.63, 3.8) is 0 Å². The third-order valence-electron chi connectivity index (χ3n) is 4.50. The van der Waals surface area contributed by atoms with Crippen molar-refractivity contribution >= 4 is 5.57 Å². The topological polar surface area (TPSA) is 49.7 Å². The van der Waals surface area contributed by atoms with E-state index >= 15 is 0 Å². The highest BCUT2D eigenvalue weighted by Crippen LogP contribution is 2.35. The van der Waals surface area contributed by atoms with E-state index in [1.807, 2.05) is 51.1 Å². The first-order valence-corrected chi connectivity index (χ1v) is 9.80. The van der Waals surface area contributed by atoms with Gasteiger partial charge in [0.1, 0.15) is 11.5 Å². The van der Waals surface area contributed by atoms with Crippen LogP contribution in [0.1, 0.15) is 44.7 Å². The zero-order valence-corrected chi connectivity index (χ0v) is 17.0. The number of phenolic OH excluding ortho intramolecular Hbond substituents is 1. The van der Waals surface area contributed by atoms with Crippen molar-refractivity contribution < 1.29 is 14.9 Å². The molecule has 2 N–H and O–H groups in total. The van der Waals surface area contributed by atoms with E-state index in [4.69, 9.17) is 4.74 Å². The summed E-state index contributed by atoms with van der Waals surface area (Å²) in [6.45, 7) is 6.78. The number of ether oxygens (including phenoxy) is 1. The molecule has 3 heteroatoms. The lowest BCUT2D eigenvalue weighted by molar-refractivity contribution is 0.289. The van der Waals surface area contributed by atoms with Gasteiger partial charge in [-0.15, -0.1) is 0 Å². The van der Waals surface area contributed by atoms with E-state index in [1.54, 1.807) is 12.1 Å². The Balaban J connectivity index is 2.71. The van der Waals surface area contributed by atoms with Crippen LogP contribution in [0.25, 0.3) is 5.57 Å². The SMILES string of the molecule is C\C=C/C(=C\C)C(/CCCO)=C(/c1ccc(O)cc1)c1ccc(OCC)cc1. The van der Waals surface area contributed by atoms with Crippen molar-refractivity contribution in [3.05, 3.63) is 89.0 Å². The highest BCUT2D eigenvalue weighted by atomic mass is 16.5. The molecular weight excluding hydrogens is 348 g/mol. The van der Waals surface area contributed by atoms with E-state index in [2.05, 4.69) is 24.3 Å². The minimum atomic E-state index is 0.141. The van der Waals surface area contributed by atoms with Crippen LogP contribution >= 0.6 is 0 Å². The summed E-state index contributed by atoms with van der Waals surface area (Å²) in [6.07, 6.45) is 7.66. The molecule has 0 aromatic heterocycles. The number of benzene rings is 2. The third kappa shape index (κ3) is 5.61. The summed E-state index contributed by atoms with van der Waals surface area (Å²) in [5, 5.41) is 19.2. The highest BCUT2D eigenvalue weighted by molar-refractivity contribution is 5.85. The number of phenols is 1. The van der Waals surface area contributed by atoms with E-state index in [1.165, 1.54) is 5.57 Å². The second kappa shape index (κ2) is 11.2. The fraction of sp³-hybridized carbons (Fsp3) is 0.280. The first-order chi connectivity index (χ1) is 13.6. The van der Waals surface area contributed by atoms with Crippen LogP contribution in [0.5, 0.6) is 11.5 Å². The molecule has 2 rings (SSSR count). The van der Waals surface area contributed by atoms with Crippen molar-refractivity contribution in [1.82, 2.24) is 0 Å². The molecule has 2 aromatic carbocycles. The highest BCUT2D eigenvalue weighted by Gasteiger charge is 2.15. The summed E-state index contributed by atoms with van der Waals surface area (Å²) in [6, 6.07) is 15.4. The van der Waals surface area contributed by atoms with Crippen molar-refractivity contribution in [2.75, 3.05) is 13.2 Å². The molecule has 0 atom stereocenters. The molecule has 0 spiro atoms. The summed E-state index contributed by atoms with van der Waals surface area (Å²) in [7, 11) is 0. The predicted octanol–water partition coefficient (Wildman–Crippen LogP) is 5.89. The van der Waals surface area contributed by atoms with Gasteiger partial charge in [0, 0.05) is 6.61 Å². The molecule has 0 bridgehead atoms.